The van der Waals surface area contributed by atoms with E-state index in [2.05, 4.69) is 15.9 Å². The van der Waals surface area contributed by atoms with Crippen LogP contribution in [0.1, 0.15) is 18.0 Å². The van der Waals surface area contributed by atoms with Gasteiger partial charge in [-0.15, -0.1) is 0 Å². The van der Waals surface area contributed by atoms with Crippen LogP contribution in [-0.4, -0.2) is 18.2 Å². The van der Waals surface area contributed by atoms with Crippen LogP contribution in [0.15, 0.2) is 22.7 Å². The van der Waals surface area contributed by atoms with E-state index in [-0.39, 0.29) is 17.9 Å². The number of aliphatic carboxylic acids is 1. The molecule has 3 unspecified atom stereocenters. The molecular formula is C12H14BrNO3. The molecule has 0 saturated heterocycles. The van der Waals surface area contributed by atoms with Crippen LogP contribution in [0.2, 0.25) is 0 Å². The zero-order chi connectivity index (χ0) is 12.6. The summed E-state index contributed by atoms with van der Waals surface area (Å²) >= 11 is 3.38. The molecule has 0 heterocycles. The van der Waals surface area contributed by atoms with Crippen LogP contribution in [0.5, 0.6) is 5.75 Å². The van der Waals surface area contributed by atoms with Crippen molar-refractivity contribution < 1.29 is 14.6 Å². The SMILES string of the molecule is COc1ccc(Br)cc1C(N)C1CC1C(=O)O. The van der Waals surface area contributed by atoms with Crippen molar-refractivity contribution in [3.8, 4) is 5.75 Å². The highest BCUT2D eigenvalue weighted by atomic mass is 79.9. The first-order valence-electron chi connectivity index (χ1n) is 5.36. The Hall–Kier alpha value is -1.07. The molecule has 1 aliphatic carbocycles. The number of carboxylic acids is 1. The molecule has 0 amide bonds. The van der Waals surface area contributed by atoms with Crippen molar-refractivity contribution in [3.63, 3.8) is 0 Å². The molecule has 1 aliphatic rings. The van der Waals surface area contributed by atoms with Crippen molar-refractivity contribution in [3.05, 3.63) is 28.2 Å². The fraction of sp³-hybridized carbons (Fsp3) is 0.417. The van der Waals surface area contributed by atoms with E-state index in [1.807, 2.05) is 18.2 Å². The molecule has 1 fully saturated rings. The number of rotatable bonds is 4. The van der Waals surface area contributed by atoms with Crippen LogP contribution < -0.4 is 10.5 Å². The average Bonchev–Trinajstić information content (AvgIpc) is 3.08. The standard InChI is InChI=1S/C12H14BrNO3/c1-17-10-3-2-6(13)4-9(10)11(14)7-5-8(7)12(15)16/h2-4,7-8,11H,5,14H2,1H3,(H,15,16). The van der Waals surface area contributed by atoms with Crippen LogP contribution in [0, 0.1) is 11.8 Å². The summed E-state index contributed by atoms with van der Waals surface area (Å²) in [6, 6.07) is 5.30. The van der Waals surface area contributed by atoms with Gasteiger partial charge in [-0.2, -0.15) is 0 Å². The van der Waals surface area contributed by atoms with Crippen LogP contribution in [0.4, 0.5) is 0 Å². The van der Waals surface area contributed by atoms with Gasteiger partial charge in [0.25, 0.3) is 0 Å². The van der Waals surface area contributed by atoms with Crippen molar-refractivity contribution >= 4 is 21.9 Å². The Labute approximate surface area is 108 Å². The minimum absolute atomic E-state index is 0.00991. The lowest BCUT2D eigenvalue weighted by atomic mass is 10.0. The number of hydrogen-bond donors (Lipinski definition) is 2. The summed E-state index contributed by atoms with van der Waals surface area (Å²) in [5, 5.41) is 8.90. The molecule has 0 radical (unpaired) electrons. The molecule has 3 N–H and O–H groups in total. The molecule has 3 atom stereocenters. The monoisotopic (exact) mass is 299 g/mol. The summed E-state index contributed by atoms with van der Waals surface area (Å²) in [7, 11) is 1.58. The first-order chi connectivity index (χ1) is 8.04. The summed E-state index contributed by atoms with van der Waals surface area (Å²) in [5.74, 6) is -0.361. The molecule has 0 bridgehead atoms. The van der Waals surface area contributed by atoms with Crippen molar-refractivity contribution in [2.75, 3.05) is 7.11 Å². The molecule has 0 spiro atoms. The van der Waals surface area contributed by atoms with Gasteiger partial charge in [-0.3, -0.25) is 4.79 Å². The number of carbonyl (C=O) groups is 1. The molecule has 1 aromatic carbocycles. The second-order valence-corrected chi connectivity index (χ2v) is 5.17. The first kappa shape index (κ1) is 12.4. The van der Waals surface area contributed by atoms with Crippen molar-refractivity contribution in [1.82, 2.24) is 0 Å². The smallest absolute Gasteiger partial charge is 0.306 e. The first-order valence-corrected chi connectivity index (χ1v) is 6.15. The fourth-order valence-corrected chi connectivity index (χ4v) is 2.47. The van der Waals surface area contributed by atoms with Crippen LogP contribution in [-0.2, 0) is 4.79 Å². The average molecular weight is 300 g/mol. The summed E-state index contributed by atoms with van der Waals surface area (Å²) in [4.78, 5) is 10.8. The van der Waals surface area contributed by atoms with Gasteiger partial charge in [-0.1, -0.05) is 15.9 Å². The van der Waals surface area contributed by atoms with Crippen molar-refractivity contribution in [2.24, 2.45) is 17.6 Å². The Morgan fingerprint density at radius 2 is 2.35 bits per heavy atom. The Bertz CT molecular complexity index is 449. The Kier molecular flexibility index (Phi) is 3.40. The Morgan fingerprint density at radius 3 is 2.88 bits per heavy atom. The largest absolute Gasteiger partial charge is 0.496 e. The third-order valence-electron chi connectivity index (χ3n) is 3.17. The lowest BCUT2D eigenvalue weighted by Crippen LogP contribution is -2.16. The van der Waals surface area contributed by atoms with Gasteiger partial charge in [0, 0.05) is 16.1 Å². The quantitative estimate of drug-likeness (QED) is 0.894. The normalized spacial score (nSPS) is 24.2. The topological polar surface area (TPSA) is 72.5 Å². The van der Waals surface area contributed by atoms with Gasteiger partial charge < -0.3 is 15.6 Å². The van der Waals surface area contributed by atoms with E-state index in [4.69, 9.17) is 15.6 Å². The molecule has 5 heteroatoms. The summed E-state index contributed by atoms with van der Waals surface area (Å²) < 4.78 is 6.16. The van der Waals surface area contributed by atoms with E-state index in [1.54, 1.807) is 7.11 Å². The van der Waals surface area contributed by atoms with E-state index in [9.17, 15) is 4.79 Å². The molecular weight excluding hydrogens is 286 g/mol. The van der Waals surface area contributed by atoms with Gasteiger partial charge in [0.15, 0.2) is 0 Å². The summed E-state index contributed by atoms with van der Waals surface area (Å²) in [5.41, 5.74) is 6.97. The number of nitrogens with two attached hydrogens (primary N) is 1. The number of carboxylic acid groups (broad SMARTS) is 1. The third kappa shape index (κ3) is 2.45. The third-order valence-corrected chi connectivity index (χ3v) is 3.66. The fourth-order valence-electron chi connectivity index (χ4n) is 2.09. The minimum Gasteiger partial charge on any atom is -0.496 e. The van der Waals surface area contributed by atoms with E-state index in [0.717, 1.165) is 10.0 Å². The highest BCUT2D eigenvalue weighted by Gasteiger charge is 2.47. The van der Waals surface area contributed by atoms with Gasteiger partial charge in [0.1, 0.15) is 5.75 Å². The Balaban J connectivity index is 2.22. The number of benzene rings is 1. The number of hydrogen-bond acceptors (Lipinski definition) is 3. The highest BCUT2D eigenvalue weighted by Crippen LogP contribution is 2.48. The second kappa shape index (κ2) is 4.66. The van der Waals surface area contributed by atoms with Gasteiger partial charge >= 0.3 is 5.97 Å². The van der Waals surface area contributed by atoms with Gasteiger partial charge in [0.05, 0.1) is 13.0 Å². The number of ether oxygens (including phenoxy) is 1. The Morgan fingerprint density at radius 1 is 1.65 bits per heavy atom. The molecule has 1 saturated carbocycles. The summed E-state index contributed by atoms with van der Waals surface area (Å²) in [6.07, 6.45) is 0.645. The maximum atomic E-state index is 10.8. The van der Waals surface area contributed by atoms with Gasteiger partial charge in [0.2, 0.25) is 0 Å². The second-order valence-electron chi connectivity index (χ2n) is 4.26. The molecule has 0 aromatic heterocycles. The molecule has 2 rings (SSSR count). The lowest BCUT2D eigenvalue weighted by molar-refractivity contribution is -0.138. The van der Waals surface area contributed by atoms with E-state index in [1.165, 1.54) is 0 Å². The maximum absolute atomic E-state index is 10.8. The van der Waals surface area contributed by atoms with Crippen LogP contribution in [0.25, 0.3) is 0 Å². The lowest BCUT2D eigenvalue weighted by Gasteiger charge is -2.15. The van der Waals surface area contributed by atoms with Crippen molar-refractivity contribution in [2.45, 2.75) is 12.5 Å². The van der Waals surface area contributed by atoms with Gasteiger partial charge in [-0.05, 0) is 30.5 Å². The molecule has 0 aliphatic heterocycles. The maximum Gasteiger partial charge on any atom is 0.306 e. The highest BCUT2D eigenvalue weighted by molar-refractivity contribution is 9.10. The molecule has 92 valence electrons. The van der Waals surface area contributed by atoms with E-state index in [0.29, 0.717) is 12.2 Å². The molecule has 1 aromatic rings. The summed E-state index contributed by atoms with van der Waals surface area (Å²) in [6.45, 7) is 0. The zero-order valence-corrected chi connectivity index (χ0v) is 11.0. The number of halogens is 1. The van der Waals surface area contributed by atoms with Crippen LogP contribution >= 0.6 is 15.9 Å². The van der Waals surface area contributed by atoms with Gasteiger partial charge in [-0.25, -0.2) is 0 Å². The van der Waals surface area contributed by atoms with E-state index >= 15 is 0 Å². The molecule has 17 heavy (non-hydrogen) atoms. The van der Waals surface area contributed by atoms with Crippen LogP contribution in [0.3, 0.4) is 0 Å². The zero-order valence-electron chi connectivity index (χ0n) is 9.39. The molecule has 4 nitrogen and oxygen atoms in total. The predicted molar refractivity (Wildman–Crippen MR) is 66.9 cm³/mol. The van der Waals surface area contributed by atoms with E-state index < -0.39 is 5.97 Å². The number of methoxy groups -OCH3 is 1. The predicted octanol–water partition coefficient (Wildman–Crippen LogP) is 2.18. The van der Waals surface area contributed by atoms with Crippen molar-refractivity contribution in [1.29, 1.82) is 0 Å². The minimum atomic E-state index is -0.764.